The summed E-state index contributed by atoms with van der Waals surface area (Å²) >= 11 is 12.2. The summed E-state index contributed by atoms with van der Waals surface area (Å²) in [5, 5.41) is 7.23. The summed E-state index contributed by atoms with van der Waals surface area (Å²) in [6, 6.07) is 3.51. The van der Waals surface area contributed by atoms with Crippen molar-refractivity contribution in [2.75, 3.05) is 13.2 Å². The average Bonchev–Trinajstić information content (AvgIpc) is 2.34. The van der Waals surface area contributed by atoms with Crippen LogP contribution in [0.2, 0.25) is 10.0 Å². The molecule has 1 aliphatic rings. The molecule has 0 bridgehead atoms. The Labute approximate surface area is 135 Å². The van der Waals surface area contributed by atoms with E-state index in [1.165, 1.54) is 0 Å². The van der Waals surface area contributed by atoms with Gasteiger partial charge in [-0.3, -0.25) is 4.79 Å². The van der Waals surface area contributed by atoms with Crippen molar-refractivity contribution in [1.29, 1.82) is 0 Å². The quantitative estimate of drug-likeness (QED) is 0.893. The van der Waals surface area contributed by atoms with Gasteiger partial charge in [0.15, 0.2) is 0 Å². The molecule has 6 heteroatoms. The second-order valence-corrected chi connectivity index (χ2v) is 7.02. The number of carbonyl (C=O) groups is 1. The predicted molar refractivity (Wildman–Crippen MR) is 85.2 cm³/mol. The van der Waals surface area contributed by atoms with Gasteiger partial charge in [0.1, 0.15) is 5.75 Å². The fraction of sp³-hybridized carbons (Fsp3) is 0.533. The maximum Gasteiger partial charge on any atom is 0.234 e. The number of fused-ring (bicyclic) bond motifs is 1. The molecular formula is C15H20Cl2N2O2. The molecule has 116 valence electrons. The van der Waals surface area contributed by atoms with Crippen LogP contribution in [0.25, 0.3) is 0 Å². The average molecular weight is 331 g/mol. The lowest BCUT2D eigenvalue weighted by Gasteiger charge is -2.28. The predicted octanol–water partition coefficient (Wildman–Crippen LogP) is 3.32. The van der Waals surface area contributed by atoms with Gasteiger partial charge in [0.05, 0.1) is 18.2 Å². The third-order valence-corrected chi connectivity index (χ3v) is 3.59. The molecule has 1 atom stereocenters. The summed E-state index contributed by atoms with van der Waals surface area (Å²) in [4.78, 5) is 11.9. The van der Waals surface area contributed by atoms with Crippen LogP contribution >= 0.6 is 23.2 Å². The van der Waals surface area contributed by atoms with E-state index in [0.717, 1.165) is 12.0 Å². The lowest BCUT2D eigenvalue weighted by Crippen LogP contribution is -2.45. The minimum absolute atomic E-state index is 0.00988. The van der Waals surface area contributed by atoms with E-state index in [0.29, 0.717) is 22.4 Å². The van der Waals surface area contributed by atoms with Crippen LogP contribution < -0.4 is 15.4 Å². The highest BCUT2D eigenvalue weighted by Crippen LogP contribution is 2.39. The van der Waals surface area contributed by atoms with E-state index in [1.807, 2.05) is 26.8 Å². The van der Waals surface area contributed by atoms with E-state index in [4.69, 9.17) is 27.9 Å². The summed E-state index contributed by atoms with van der Waals surface area (Å²) in [6.45, 7) is 6.66. The van der Waals surface area contributed by atoms with E-state index >= 15 is 0 Å². The number of hydrogen-bond donors (Lipinski definition) is 2. The molecule has 2 rings (SSSR count). The van der Waals surface area contributed by atoms with Crippen molar-refractivity contribution in [2.24, 2.45) is 0 Å². The minimum atomic E-state index is -0.237. The molecule has 0 aliphatic carbocycles. The number of benzene rings is 1. The minimum Gasteiger partial charge on any atom is -0.492 e. The number of ether oxygens (including phenoxy) is 1. The Morgan fingerprint density at radius 1 is 1.38 bits per heavy atom. The topological polar surface area (TPSA) is 50.4 Å². The van der Waals surface area contributed by atoms with Crippen molar-refractivity contribution in [3.63, 3.8) is 0 Å². The van der Waals surface area contributed by atoms with Crippen LogP contribution in [0.5, 0.6) is 5.75 Å². The molecule has 0 aromatic heterocycles. The third-order valence-electron chi connectivity index (χ3n) is 3.09. The van der Waals surface area contributed by atoms with Crippen molar-refractivity contribution in [2.45, 2.75) is 38.8 Å². The van der Waals surface area contributed by atoms with Crippen molar-refractivity contribution < 1.29 is 9.53 Å². The largest absolute Gasteiger partial charge is 0.492 e. The van der Waals surface area contributed by atoms with Crippen LogP contribution in [0, 0.1) is 0 Å². The standard InChI is InChI=1S/C15H20Cl2N2O2/c1-15(2,3)19-13(20)8-18-12-4-5-21-14-10(12)6-9(16)7-11(14)17/h6-7,12,18H,4-5,8H2,1-3H3,(H,19,20). The molecule has 1 aromatic carbocycles. The first-order valence-electron chi connectivity index (χ1n) is 6.92. The van der Waals surface area contributed by atoms with Crippen LogP contribution in [0.15, 0.2) is 12.1 Å². The Bertz CT molecular complexity index is 541. The Hall–Kier alpha value is -0.970. The highest BCUT2D eigenvalue weighted by Gasteiger charge is 2.25. The van der Waals surface area contributed by atoms with E-state index in [1.54, 1.807) is 6.07 Å². The Morgan fingerprint density at radius 2 is 2.10 bits per heavy atom. The molecule has 0 saturated heterocycles. The number of rotatable bonds is 3. The van der Waals surface area contributed by atoms with Crippen molar-refractivity contribution in [1.82, 2.24) is 10.6 Å². The molecule has 1 unspecified atom stereocenters. The van der Waals surface area contributed by atoms with Gasteiger partial charge in [0.25, 0.3) is 0 Å². The summed E-state index contributed by atoms with van der Waals surface area (Å²) in [5.41, 5.74) is 0.668. The first-order valence-corrected chi connectivity index (χ1v) is 7.68. The summed E-state index contributed by atoms with van der Waals surface area (Å²) in [5.74, 6) is 0.615. The number of carbonyl (C=O) groups excluding carboxylic acids is 1. The third kappa shape index (κ3) is 4.50. The molecule has 0 fully saturated rings. The molecule has 21 heavy (non-hydrogen) atoms. The lowest BCUT2D eigenvalue weighted by atomic mass is 10.0. The highest BCUT2D eigenvalue weighted by molar-refractivity contribution is 6.35. The van der Waals surface area contributed by atoms with E-state index in [9.17, 15) is 4.79 Å². The van der Waals surface area contributed by atoms with Gasteiger partial charge in [-0.2, -0.15) is 0 Å². The zero-order chi connectivity index (χ0) is 15.6. The van der Waals surface area contributed by atoms with Gasteiger partial charge in [-0.15, -0.1) is 0 Å². The maximum absolute atomic E-state index is 11.9. The molecule has 1 amide bonds. The fourth-order valence-electron chi connectivity index (χ4n) is 2.32. The highest BCUT2D eigenvalue weighted by atomic mass is 35.5. The number of hydrogen-bond acceptors (Lipinski definition) is 3. The Morgan fingerprint density at radius 3 is 2.76 bits per heavy atom. The van der Waals surface area contributed by atoms with Gasteiger partial charge < -0.3 is 15.4 Å². The van der Waals surface area contributed by atoms with Crippen LogP contribution in [-0.4, -0.2) is 24.6 Å². The lowest BCUT2D eigenvalue weighted by molar-refractivity contribution is -0.121. The van der Waals surface area contributed by atoms with Crippen LogP contribution in [0.3, 0.4) is 0 Å². The molecule has 1 heterocycles. The fourth-order valence-corrected chi connectivity index (χ4v) is 2.88. The number of halogens is 2. The van der Waals surface area contributed by atoms with Gasteiger partial charge in [-0.05, 0) is 32.9 Å². The SMILES string of the molecule is CC(C)(C)NC(=O)CNC1CCOc2c(Cl)cc(Cl)cc21. The molecule has 2 N–H and O–H groups in total. The first kappa shape index (κ1) is 16.4. The summed E-state index contributed by atoms with van der Waals surface area (Å²) in [6.07, 6.45) is 0.770. The van der Waals surface area contributed by atoms with Gasteiger partial charge in [0.2, 0.25) is 5.91 Å². The van der Waals surface area contributed by atoms with E-state index in [-0.39, 0.29) is 24.0 Å². The van der Waals surface area contributed by atoms with Crippen molar-refractivity contribution in [3.05, 3.63) is 27.7 Å². The van der Waals surface area contributed by atoms with Crippen molar-refractivity contribution in [3.8, 4) is 5.75 Å². The smallest absolute Gasteiger partial charge is 0.234 e. The molecular weight excluding hydrogens is 311 g/mol. The molecule has 0 saturated carbocycles. The van der Waals surface area contributed by atoms with Crippen LogP contribution in [0.1, 0.15) is 38.8 Å². The number of amides is 1. The zero-order valence-corrected chi connectivity index (χ0v) is 13.9. The summed E-state index contributed by atoms with van der Waals surface area (Å²) in [7, 11) is 0. The first-order chi connectivity index (χ1) is 9.76. The van der Waals surface area contributed by atoms with E-state index in [2.05, 4.69) is 10.6 Å². The van der Waals surface area contributed by atoms with Crippen LogP contribution in [0.4, 0.5) is 0 Å². The molecule has 1 aromatic rings. The van der Waals surface area contributed by atoms with E-state index < -0.39 is 0 Å². The number of nitrogens with one attached hydrogen (secondary N) is 2. The zero-order valence-electron chi connectivity index (χ0n) is 12.4. The van der Waals surface area contributed by atoms with Gasteiger partial charge in [-0.25, -0.2) is 0 Å². The van der Waals surface area contributed by atoms with Crippen LogP contribution in [-0.2, 0) is 4.79 Å². The second kappa shape index (κ2) is 6.42. The monoisotopic (exact) mass is 330 g/mol. The molecule has 0 spiro atoms. The Kier molecular flexibility index (Phi) is 5.02. The second-order valence-electron chi connectivity index (χ2n) is 6.17. The van der Waals surface area contributed by atoms with Gasteiger partial charge in [0, 0.05) is 28.6 Å². The van der Waals surface area contributed by atoms with Gasteiger partial charge >= 0.3 is 0 Å². The molecule has 4 nitrogen and oxygen atoms in total. The van der Waals surface area contributed by atoms with Crippen molar-refractivity contribution >= 4 is 29.1 Å². The normalized spacial score (nSPS) is 17.9. The summed E-state index contributed by atoms with van der Waals surface area (Å²) < 4.78 is 5.60. The van der Waals surface area contributed by atoms with Gasteiger partial charge in [-0.1, -0.05) is 23.2 Å². The molecule has 0 radical (unpaired) electrons. The Balaban J connectivity index is 2.05. The maximum atomic E-state index is 11.9. The molecule has 1 aliphatic heterocycles.